The molecule has 0 atom stereocenters. The van der Waals surface area contributed by atoms with Crippen molar-refractivity contribution in [3.63, 3.8) is 0 Å². The Balaban J connectivity index is 1.82. The first kappa shape index (κ1) is 24.9. The van der Waals surface area contributed by atoms with Crippen molar-refractivity contribution in [2.75, 3.05) is 19.7 Å². The lowest BCUT2D eigenvalue weighted by atomic mass is 10.1. The van der Waals surface area contributed by atoms with Crippen molar-refractivity contribution in [3.05, 3.63) is 71.8 Å². The summed E-state index contributed by atoms with van der Waals surface area (Å²) >= 11 is 0. The van der Waals surface area contributed by atoms with Gasteiger partial charge in [0.25, 0.3) is 5.91 Å². The zero-order chi connectivity index (χ0) is 23.4. The highest BCUT2D eigenvalue weighted by molar-refractivity contribution is 5.81. The molecule has 0 aliphatic heterocycles. The minimum Gasteiger partial charge on any atom is -0.456 e. The third kappa shape index (κ3) is 10.1. The Morgan fingerprint density at radius 2 is 1.50 bits per heavy atom. The molecular weight excluding hydrogens is 408 g/mol. The summed E-state index contributed by atoms with van der Waals surface area (Å²) in [6.07, 6.45) is 0.0545. The third-order valence-corrected chi connectivity index (χ3v) is 4.44. The molecule has 0 bridgehead atoms. The number of alkyl carbamates (subject to hydrolysis) is 1. The molecular formula is C25H32N2O5. The zero-order valence-corrected chi connectivity index (χ0v) is 19.0. The van der Waals surface area contributed by atoms with Gasteiger partial charge in [-0.05, 0) is 38.3 Å². The van der Waals surface area contributed by atoms with Gasteiger partial charge >= 0.3 is 12.1 Å². The van der Waals surface area contributed by atoms with Gasteiger partial charge in [-0.3, -0.25) is 9.59 Å². The van der Waals surface area contributed by atoms with Crippen LogP contribution in [0.15, 0.2) is 60.7 Å². The summed E-state index contributed by atoms with van der Waals surface area (Å²) < 4.78 is 10.2. The highest BCUT2D eigenvalue weighted by Gasteiger charge is 2.18. The molecule has 172 valence electrons. The molecule has 32 heavy (non-hydrogen) atoms. The normalized spacial score (nSPS) is 10.8. The Labute approximate surface area is 189 Å². The highest BCUT2D eigenvalue weighted by atomic mass is 16.6. The van der Waals surface area contributed by atoms with Gasteiger partial charge in [0.2, 0.25) is 0 Å². The van der Waals surface area contributed by atoms with Gasteiger partial charge in [0.05, 0.1) is 6.42 Å². The minimum atomic E-state index is -0.612. The molecule has 0 unspecified atom stereocenters. The van der Waals surface area contributed by atoms with Gasteiger partial charge in [-0.15, -0.1) is 0 Å². The molecule has 0 aromatic heterocycles. The van der Waals surface area contributed by atoms with E-state index in [1.807, 2.05) is 60.7 Å². The van der Waals surface area contributed by atoms with Crippen LogP contribution in [0.1, 0.15) is 38.3 Å². The van der Waals surface area contributed by atoms with E-state index in [2.05, 4.69) is 5.32 Å². The number of ether oxygens (including phenoxy) is 2. The minimum absolute atomic E-state index is 0.0464. The maximum atomic E-state index is 12.8. The van der Waals surface area contributed by atoms with Gasteiger partial charge in [-0.25, -0.2) is 4.79 Å². The van der Waals surface area contributed by atoms with Gasteiger partial charge in [0.1, 0.15) is 5.60 Å². The average Bonchev–Trinajstić information content (AvgIpc) is 2.75. The first-order valence-corrected chi connectivity index (χ1v) is 10.7. The van der Waals surface area contributed by atoms with Crippen LogP contribution < -0.4 is 5.32 Å². The lowest BCUT2D eigenvalue weighted by molar-refractivity contribution is -0.152. The lowest BCUT2D eigenvalue weighted by Crippen LogP contribution is -2.36. The van der Waals surface area contributed by atoms with Crippen LogP contribution in [0.4, 0.5) is 4.79 Å². The maximum absolute atomic E-state index is 12.8. The van der Waals surface area contributed by atoms with E-state index < -0.39 is 17.7 Å². The van der Waals surface area contributed by atoms with Gasteiger partial charge in [-0.2, -0.15) is 0 Å². The van der Waals surface area contributed by atoms with Crippen molar-refractivity contribution in [2.24, 2.45) is 0 Å². The molecule has 2 amide bonds. The SMILES string of the molecule is CC(C)(C)OC(=O)NCCC(=O)OCC(=O)N(CCc1ccccc1)Cc1ccccc1. The second kappa shape index (κ2) is 12.5. The first-order valence-electron chi connectivity index (χ1n) is 10.7. The number of benzene rings is 2. The quantitative estimate of drug-likeness (QED) is 0.569. The predicted octanol–water partition coefficient (Wildman–Crippen LogP) is 3.72. The van der Waals surface area contributed by atoms with Crippen LogP contribution in [-0.4, -0.2) is 48.2 Å². The summed E-state index contributed by atoms with van der Waals surface area (Å²) in [4.78, 5) is 38.1. The van der Waals surface area contributed by atoms with Crippen LogP contribution >= 0.6 is 0 Å². The maximum Gasteiger partial charge on any atom is 0.407 e. The molecule has 2 aromatic carbocycles. The van der Waals surface area contributed by atoms with Crippen molar-refractivity contribution in [1.29, 1.82) is 0 Å². The fraction of sp³-hybridized carbons (Fsp3) is 0.400. The van der Waals surface area contributed by atoms with E-state index in [1.54, 1.807) is 25.7 Å². The Bertz CT molecular complexity index is 863. The van der Waals surface area contributed by atoms with E-state index in [0.717, 1.165) is 11.1 Å². The molecule has 0 spiro atoms. The third-order valence-electron chi connectivity index (χ3n) is 4.44. The number of hydrogen-bond acceptors (Lipinski definition) is 5. The molecule has 0 heterocycles. The Hall–Kier alpha value is -3.35. The van der Waals surface area contributed by atoms with Gasteiger partial charge in [0.15, 0.2) is 6.61 Å². The van der Waals surface area contributed by atoms with E-state index in [4.69, 9.17) is 9.47 Å². The fourth-order valence-corrected chi connectivity index (χ4v) is 2.89. The van der Waals surface area contributed by atoms with Crippen LogP contribution in [0, 0.1) is 0 Å². The summed E-state index contributed by atoms with van der Waals surface area (Å²) in [5.41, 5.74) is 1.52. The molecule has 2 rings (SSSR count). The second-order valence-electron chi connectivity index (χ2n) is 8.38. The zero-order valence-electron chi connectivity index (χ0n) is 19.0. The number of carbonyl (C=O) groups excluding carboxylic acids is 3. The molecule has 7 nitrogen and oxygen atoms in total. The van der Waals surface area contributed by atoms with Crippen LogP contribution in [0.2, 0.25) is 0 Å². The first-order chi connectivity index (χ1) is 15.2. The number of hydrogen-bond donors (Lipinski definition) is 1. The van der Waals surface area contributed by atoms with Crippen molar-refractivity contribution in [2.45, 2.75) is 45.8 Å². The summed E-state index contributed by atoms with van der Waals surface area (Å²) in [5, 5.41) is 2.49. The second-order valence-corrected chi connectivity index (χ2v) is 8.38. The van der Waals surface area contributed by atoms with Gasteiger partial charge in [0, 0.05) is 19.6 Å². The Kier molecular flexibility index (Phi) is 9.73. The van der Waals surface area contributed by atoms with Crippen LogP contribution in [0.3, 0.4) is 0 Å². The van der Waals surface area contributed by atoms with Gasteiger partial charge < -0.3 is 19.7 Å². The smallest absolute Gasteiger partial charge is 0.407 e. The van der Waals surface area contributed by atoms with Crippen molar-refractivity contribution in [1.82, 2.24) is 10.2 Å². The van der Waals surface area contributed by atoms with Crippen LogP contribution in [0.5, 0.6) is 0 Å². The number of amides is 2. The average molecular weight is 441 g/mol. The van der Waals surface area contributed by atoms with E-state index in [-0.39, 0.29) is 25.5 Å². The number of esters is 1. The Morgan fingerprint density at radius 1 is 0.906 bits per heavy atom. The molecule has 0 radical (unpaired) electrons. The molecule has 0 aliphatic rings. The van der Waals surface area contributed by atoms with E-state index >= 15 is 0 Å². The number of nitrogens with one attached hydrogen (secondary N) is 1. The molecule has 0 aliphatic carbocycles. The standard InChI is InChI=1S/C25H32N2O5/c1-25(2,3)32-24(30)26-16-14-23(29)31-19-22(28)27(18-21-12-8-5-9-13-21)17-15-20-10-6-4-7-11-20/h4-13H,14-19H2,1-3H3,(H,26,30). The van der Waals surface area contributed by atoms with Gasteiger partial charge in [-0.1, -0.05) is 60.7 Å². The molecule has 7 heteroatoms. The number of nitrogens with zero attached hydrogens (tertiary/aromatic N) is 1. The summed E-state index contributed by atoms with van der Waals surface area (Å²) in [7, 11) is 0. The van der Waals surface area contributed by atoms with Crippen LogP contribution in [0.25, 0.3) is 0 Å². The van der Waals surface area contributed by atoms with E-state index in [9.17, 15) is 14.4 Å². The van der Waals surface area contributed by atoms with Crippen LogP contribution in [-0.2, 0) is 32.0 Å². The van der Waals surface area contributed by atoms with E-state index in [1.165, 1.54) is 0 Å². The monoisotopic (exact) mass is 440 g/mol. The van der Waals surface area contributed by atoms with Crippen molar-refractivity contribution in [3.8, 4) is 0 Å². The van der Waals surface area contributed by atoms with Crippen molar-refractivity contribution >= 4 is 18.0 Å². The Morgan fingerprint density at radius 3 is 2.09 bits per heavy atom. The largest absolute Gasteiger partial charge is 0.456 e. The lowest BCUT2D eigenvalue weighted by Gasteiger charge is -2.23. The topological polar surface area (TPSA) is 84.9 Å². The van der Waals surface area contributed by atoms with E-state index in [0.29, 0.717) is 19.5 Å². The van der Waals surface area contributed by atoms with Crippen molar-refractivity contribution < 1.29 is 23.9 Å². The summed E-state index contributed by atoms with van der Waals surface area (Å²) in [6, 6.07) is 19.6. The molecule has 1 N–H and O–H groups in total. The number of rotatable bonds is 10. The predicted molar refractivity (Wildman–Crippen MR) is 122 cm³/mol. The highest BCUT2D eigenvalue weighted by Crippen LogP contribution is 2.09. The fourth-order valence-electron chi connectivity index (χ4n) is 2.89. The molecule has 0 saturated heterocycles. The molecule has 0 fully saturated rings. The molecule has 0 saturated carbocycles. The molecule has 2 aromatic rings. The number of carbonyl (C=O) groups is 3. The summed E-state index contributed by atoms with van der Waals surface area (Å²) in [5.74, 6) is -0.824. The summed E-state index contributed by atoms with van der Waals surface area (Å²) in [6.45, 7) is 5.94.